The fraction of sp³-hybridized carbons (Fsp3) is 0.267. The summed E-state index contributed by atoms with van der Waals surface area (Å²) in [5.74, 6) is 0.517. The molecular weight excluding hydrogens is 226 g/mol. The molecule has 18 heavy (non-hydrogen) atoms. The molecule has 92 valence electrons. The minimum absolute atomic E-state index is 0.0707. The topological polar surface area (TPSA) is 49.3 Å². The third-order valence-electron chi connectivity index (χ3n) is 3.39. The van der Waals surface area contributed by atoms with Crippen LogP contribution >= 0.6 is 0 Å². The average molecular weight is 241 g/mol. The Balaban J connectivity index is 1.90. The first kappa shape index (κ1) is 11.1. The van der Waals surface area contributed by atoms with E-state index in [1.54, 1.807) is 6.07 Å². The highest BCUT2D eigenvalue weighted by atomic mass is 16.3. The van der Waals surface area contributed by atoms with Crippen molar-refractivity contribution in [3.05, 3.63) is 42.0 Å². The number of carbonyl (C=O) groups is 1. The van der Waals surface area contributed by atoms with Gasteiger partial charge >= 0.3 is 0 Å². The van der Waals surface area contributed by atoms with Crippen LogP contribution in [0.5, 0.6) is 5.75 Å². The summed E-state index contributed by atoms with van der Waals surface area (Å²) in [6, 6.07) is 11.0. The summed E-state index contributed by atoms with van der Waals surface area (Å²) in [6.45, 7) is 0.713. The van der Waals surface area contributed by atoms with Crippen molar-refractivity contribution in [3.63, 3.8) is 0 Å². The number of benzene rings is 2. The van der Waals surface area contributed by atoms with E-state index in [9.17, 15) is 9.90 Å². The van der Waals surface area contributed by atoms with Gasteiger partial charge in [0.25, 0.3) is 5.91 Å². The highest BCUT2D eigenvalue weighted by molar-refractivity contribution is 6.03. The smallest absolute Gasteiger partial charge is 0.255 e. The first-order valence-corrected chi connectivity index (χ1v) is 6.24. The highest BCUT2D eigenvalue weighted by Crippen LogP contribution is 2.30. The van der Waals surface area contributed by atoms with Gasteiger partial charge in [0.15, 0.2) is 0 Å². The van der Waals surface area contributed by atoms with Gasteiger partial charge in [-0.05, 0) is 30.2 Å². The lowest BCUT2D eigenvalue weighted by atomic mass is 10.0. The minimum atomic E-state index is -0.190. The van der Waals surface area contributed by atoms with Gasteiger partial charge in [0.1, 0.15) is 5.75 Å². The average Bonchev–Trinajstić information content (AvgIpc) is 3.21. The van der Waals surface area contributed by atoms with Crippen molar-refractivity contribution in [2.45, 2.75) is 12.8 Å². The standard InChI is InChI=1S/C15H15NO2/c17-14-12-4-2-1-3-11(12)7-8-13(14)15(18)16-9-10-5-6-10/h1-4,7-8,10,17H,5-6,9H2,(H,16,18). The van der Waals surface area contributed by atoms with Crippen molar-refractivity contribution in [2.75, 3.05) is 6.54 Å². The predicted molar refractivity (Wildman–Crippen MR) is 70.7 cm³/mol. The Labute approximate surface area is 105 Å². The molecule has 0 saturated heterocycles. The Morgan fingerprint density at radius 3 is 2.78 bits per heavy atom. The maximum absolute atomic E-state index is 12.0. The molecule has 0 unspecified atom stereocenters. The molecule has 0 heterocycles. The molecule has 0 radical (unpaired) electrons. The second-order valence-electron chi connectivity index (χ2n) is 4.84. The Kier molecular flexibility index (Phi) is 2.67. The molecule has 1 fully saturated rings. The summed E-state index contributed by atoms with van der Waals surface area (Å²) in [6.07, 6.45) is 2.40. The second-order valence-corrected chi connectivity index (χ2v) is 4.84. The maximum atomic E-state index is 12.0. The molecule has 0 atom stereocenters. The van der Waals surface area contributed by atoms with Crippen LogP contribution in [0.3, 0.4) is 0 Å². The number of carbonyl (C=O) groups excluding carboxylic acids is 1. The van der Waals surface area contributed by atoms with Crippen LogP contribution in [0.2, 0.25) is 0 Å². The van der Waals surface area contributed by atoms with Gasteiger partial charge in [0, 0.05) is 11.9 Å². The van der Waals surface area contributed by atoms with Gasteiger partial charge in [0.2, 0.25) is 0 Å². The molecule has 1 amide bonds. The van der Waals surface area contributed by atoms with Gasteiger partial charge in [0.05, 0.1) is 5.56 Å². The Morgan fingerprint density at radius 2 is 2.00 bits per heavy atom. The van der Waals surface area contributed by atoms with Gasteiger partial charge < -0.3 is 10.4 Å². The van der Waals surface area contributed by atoms with Crippen molar-refractivity contribution in [1.29, 1.82) is 0 Å². The van der Waals surface area contributed by atoms with E-state index in [2.05, 4.69) is 5.32 Å². The zero-order chi connectivity index (χ0) is 12.5. The number of hydrogen-bond donors (Lipinski definition) is 2. The van der Waals surface area contributed by atoms with E-state index in [4.69, 9.17) is 0 Å². The van der Waals surface area contributed by atoms with E-state index in [0.29, 0.717) is 18.0 Å². The number of hydrogen-bond acceptors (Lipinski definition) is 2. The Bertz CT molecular complexity index is 602. The zero-order valence-corrected chi connectivity index (χ0v) is 10.0. The van der Waals surface area contributed by atoms with Crippen LogP contribution in [-0.4, -0.2) is 17.6 Å². The van der Waals surface area contributed by atoms with Crippen LogP contribution in [0.15, 0.2) is 36.4 Å². The Hall–Kier alpha value is -2.03. The summed E-state index contributed by atoms with van der Waals surface area (Å²) in [4.78, 5) is 12.0. The molecule has 3 rings (SSSR count). The van der Waals surface area contributed by atoms with E-state index in [1.165, 1.54) is 12.8 Å². The summed E-state index contributed by atoms with van der Waals surface area (Å²) in [7, 11) is 0. The number of phenols is 1. The van der Waals surface area contributed by atoms with Gasteiger partial charge in [-0.3, -0.25) is 4.79 Å². The van der Waals surface area contributed by atoms with Crippen LogP contribution < -0.4 is 5.32 Å². The van der Waals surface area contributed by atoms with E-state index in [-0.39, 0.29) is 11.7 Å². The van der Waals surface area contributed by atoms with E-state index < -0.39 is 0 Å². The maximum Gasteiger partial charge on any atom is 0.255 e. The van der Waals surface area contributed by atoms with Crippen molar-refractivity contribution >= 4 is 16.7 Å². The number of aromatic hydroxyl groups is 1. The molecule has 2 aromatic rings. The molecule has 3 nitrogen and oxygen atoms in total. The van der Waals surface area contributed by atoms with Crippen molar-refractivity contribution in [1.82, 2.24) is 5.32 Å². The minimum Gasteiger partial charge on any atom is -0.506 e. The zero-order valence-electron chi connectivity index (χ0n) is 10.0. The number of fused-ring (bicyclic) bond motifs is 1. The first-order valence-electron chi connectivity index (χ1n) is 6.24. The molecule has 2 N–H and O–H groups in total. The molecule has 0 aliphatic heterocycles. The van der Waals surface area contributed by atoms with Gasteiger partial charge in [-0.15, -0.1) is 0 Å². The van der Waals surface area contributed by atoms with Gasteiger partial charge in [-0.25, -0.2) is 0 Å². The summed E-state index contributed by atoms with van der Waals surface area (Å²) in [5, 5.41) is 14.7. The summed E-state index contributed by atoms with van der Waals surface area (Å²) < 4.78 is 0. The fourth-order valence-corrected chi connectivity index (χ4v) is 2.09. The molecule has 3 heteroatoms. The predicted octanol–water partition coefficient (Wildman–Crippen LogP) is 2.69. The van der Waals surface area contributed by atoms with Gasteiger partial charge in [-0.2, -0.15) is 0 Å². The third kappa shape index (κ3) is 2.04. The van der Waals surface area contributed by atoms with E-state index in [1.807, 2.05) is 30.3 Å². The van der Waals surface area contributed by atoms with Crippen LogP contribution in [-0.2, 0) is 0 Å². The molecule has 0 aromatic heterocycles. The lowest BCUT2D eigenvalue weighted by Crippen LogP contribution is -2.25. The summed E-state index contributed by atoms with van der Waals surface area (Å²) >= 11 is 0. The highest BCUT2D eigenvalue weighted by Gasteiger charge is 2.22. The lowest BCUT2D eigenvalue weighted by molar-refractivity contribution is 0.0949. The Morgan fingerprint density at radius 1 is 1.22 bits per heavy atom. The second kappa shape index (κ2) is 4.33. The summed E-state index contributed by atoms with van der Waals surface area (Å²) in [5.41, 5.74) is 0.356. The fourth-order valence-electron chi connectivity index (χ4n) is 2.09. The van der Waals surface area contributed by atoms with E-state index >= 15 is 0 Å². The molecular formula is C15H15NO2. The number of nitrogens with one attached hydrogen (secondary N) is 1. The molecule has 0 spiro atoms. The SMILES string of the molecule is O=C(NCC1CC1)c1ccc2ccccc2c1O. The largest absolute Gasteiger partial charge is 0.506 e. The van der Waals surface area contributed by atoms with E-state index in [0.717, 1.165) is 10.8 Å². The first-order chi connectivity index (χ1) is 8.75. The van der Waals surface area contributed by atoms with Gasteiger partial charge in [-0.1, -0.05) is 30.3 Å². The normalized spacial score (nSPS) is 14.7. The van der Waals surface area contributed by atoms with Crippen LogP contribution in [0.1, 0.15) is 23.2 Å². The number of phenolic OH excluding ortho intramolecular Hbond substituents is 1. The molecule has 1 saturated carbocycles. The van der Waals surface area contributed by atoms with Crippen LogP contribution in [0.25, 0.3) is 10.8 Å². The van der Waals surface area contributed by atoms with Crippen molar-refractivity contribution < 1.29 is 9.90 Å². The third-order valence-corrected chi connectivity index (χ3v) is 3.39. The monoisotopic (exact) mass is 241 g/mol. The molecule has 0 bridgehead atoms. The lowest BCUT2D eigenvalue weighted by Gasteiger charge is -2.08. The van der Waals surface area contributed by atoms with Crippen LogP contribution in [0, 0.1) is 5.92 Å². The molecule has 2 aromatic carbocycles. The number of rotatable bonds is 3. The number of amides is 1. The molecule has 1 aliphatic carbocycles. The van der Waals surface area contributed by atoms with Crippen molar-refractivity contribution in [2.24, 2.45) is 5.92 Å². The van der Waals surface area contributed by atoms with Crippen molar-refractivity contribution in [3.8, 4) is 5.75 Å². The quantitative estimate of drug-likeness (QED) is 0.868. The molecule has 1 aliphatic rings. The van der Waals surface area contributed by atoms with Crippen LogP contribution in [0.4, 0.5) is 0 Å².